The van der Waals surface area contributed by atoms with Gasteiger partial charge in [-0.05, 0) is 34.0 Å². The fourth-order valence-corrected chi connectivity index (χ4v) is 4.03. The lowest BCUT2D eigenvalue weighted by atomic mass is 9.97. The highest BCUT2D eigenvalue weighted by Crippen LogP contribution is 2.33. The van der Waals surface area contributed by atoms with Crippen molar-refractivity contribution in [3.05, 3.63) is 118 Å². The molecule has 7 nitrogen and oxygen atoms in total. The summed E-state index contributed by atoms with van der Waals surface area (Å²) >= 11 is 0. The molecular formula is C27H21N3O4. The molecule has 1 unspecified atom stereocenters. The molecule has 0 aliphatic carbocycles. The Kier molecular flexibility index (Phi) is 5.74. The maximum atomic E-state index is 13.1. The zero-order chi connectivity index (χ0) is 23.5. The number of aromatic nitrogens is 1. The van der Waals surface area contributed by atoms with Crippen molar-refractivity contribution in [2.45, 2.75) is 12.5 Å². The number of hydrogen-bond donors (Lipinski definition) is 1. The molecule has 1 atom stereocenters. The molecule has 0 saturated heterocycles. The van der Waals surface area contributed by atoms with Crippen molar-refractivity contribution in [3.8, 4) is 0 Å². The van der Waals surface area contributed by atoms with Gasteiger partial charge in [-0.15, -0.1) is 0 Å². The summed E-state index contributed by atoms with van der Waals surface area (Å²) in [7, 11) is 0. The highest BCUT2D eigenvalue weighted by Gasteiger charge is 2.33. The maximum absolute atomic E-state index is 13.1. The number of benzene rings is 3. The number of aromatic amines is 1. The van der Waals surface area contributed by atoms with Crippen LogP contribution in [0.25, 0.3) is 10.8 Å². The first-order valence-electron chi connectivity index (χ1n) is 10.9. The molecule has 0 radical (unpaired) electrons. The van der Waals surface area contributed by atoms with Crippen LogP contribution in [0, 0.1) is 0 Å². The second-order valence-corrected chi connectivity index (χ2v) is 8.00. The number of hydrogen-bond acceptors (Lipinski definition) is 5. The van der Waals surface area contributed by atoms with E-state index in [-0.39, 0.29) is 17.2 Å². The first-order valence-corrected chi connectivity index (χ1v) is 10.9. The summed E-state index contributed by atoms with van der Waals surface area (Å²) in [6.07, 6.45) is 1.80. The van der Waals surface area contributed by atoms with Gasteiger partial charge < -0.3 is 9.72 Å². The molecule has 2 heterocycles. The third kappa shape index (κ3) is 4.36. The van der Waals surface area contributed by atoms with E-state index in [0.29, 0.717) is 6.42 Å². The van der Waals surface area contributed by atoms with E-state index in [2.05, 4.69) is 22.2 Å². The van der Waals surface area contributed by atoms with E-state index in [1.165, 1.54) is 23.3 Å². The molecule has 1 N–H and O–H groups in total. The Labute approximate surface area is 195 Å². The van der Waals surface area contributed by atoms with Crippen molar-refractivity contribution >= 4 is 28.4 Å². The van der Waals surface area contributed by atoms with Crippen LogP contribution in [0.4, 0.5) is 0 Å². The van der Waals surface area contributed by atoms with E-state index in [1.54, 1.807) is 0 Å². The number of ether oxygens (including phenoxy) is 1. The van der Waals surface area contributed by atoms with Crippen LogP contribution >= 0.6 is 0 Å². The molecule has 0 bridgehead atoms. The molecule has 0 spiro atoms. The monoisotopic (exact) mass is 451 g/mol. The summed E-state index contributed by atoms with van der Waals surface area (Å²) in [5.41, 5.74) is 2.52. The van der Waals surface area contributed by atoms with Gasteiger partial charge in [0, 0.05) is 18.7 Å². The lowest BCUT2D eigenvalue weighted by Gasteiger charge is -2.21. The predicted molar refractivity (Wildman–Crippen MR) is 128 cm³/mol. The normalized spacial score (nSPS) is 15.2. The lowest BCUT2D eigenvalue weighted by Crippen LogP contribution is -2.31. The quantitative estimate of drug-likeness (QED) is 0.463. The zero-order valence-electron chi connectivity index (χ0n) is 18.2. The van der Waals surface area contributed by atoms with Gasteiger partial charge in [-0.25, -0.2) is 9.80 Å². The van der Waals surface area contributed by atoms with Crippen LogP contribution in [0.15, 0.2) is 101 Å². The molecule has 0 fully saturated rings. The van der Waals surface area contributed by atoms with Crippen LogP contribution in [0.1, 0.15) is 33.9 Å². The van der Waals surface area contributed by atoms with Gasteiger partial charge in [-0.2, -0.15) is 5.10 Å². The minimum absolute atomic E-state index is 0.161. The van der Waals surface area contributed by atoms with Crippen molar-refractivity contribution in [2.75, 3.05) is 6.61 Å². The second kappa shape index (κ2) is 9.15. The number of pyridine rings is 1. The minimum Gasteiger partial charge on any atom is -0.452 e. The molecule has 5 rings (SSSR count). The summed E-state index contributed by atoms with van der Waals surface area (Å²) in [5, 5.41) is 8.28. The van der Waals surface area contributed by atoms with Crippen molar-refractivity contribution in [1.82, 2.24) is 9.99 Å². The summed E-state index contributed by atoms with van der Waals surface area (Å²) in [4.78, 5) is 39.0. The molecule has 0 saturated carbocycles. The van der Waals surface area contributed by atoms with Crippen LogP contribution in [0.5, 0.6) is 0 Å². The van der Waals surface area contributed by atoms with Gasteiger partial charge in [0.1, 0.15) is 0 Å². The molecular weight excluding hydrogens is 430 g/mol. The molecule has 1 amide bonds. The van der Waals surface area contributed by atoms with Crippen molar-refractivity contribution in [1.29, 1.82) is 0 Å². The van der Waals surface area contributed by atoms with Gasteiger partial charge in [-0.1, -0.05) is 66.7 Å². The number of esters is 1. The van der Waals surface area contributed by atoms with Gasteiger partial charge in [-0.3, -0.25) is 9.59 Å². The summed E-state index contributed by atoms with van der Waals surface area (Å²) in [6.45, 7) is -0.463. The molecule has 168 valence electrons. The summed E-state index contributed by atoms with van der Waals surface area (Å²) in [6, 6.07) is 26.1. The van der Waals surface area contributed by atoms with Gasteiger partial charge in [0.25, 0.3) is 5.91 Å². The number of nitrogens with zero attached hydrogens (tertiary/aromatic N) is 2. The fraction of sp³-hybridized carbons (Fsp3) is 0.111. The number of carbonyl (C=O) groups is 2. The van der Waals surface area contributed by atoms with Crippen molar-refractivity contribution in [2.24, 2.45) is 5.10 Å². The Hall–Kier alpha value is -4.52. The fourth-order valence-electron chi connectivity index (χ4n) is 4.03. The first-order chi connectivity index (χ1) is 16.6. The third-order valence-electron chi connectivity index (χ3n) is 5.78. The van der Waals surface area contributed by atoms with Crippen LogP contribution in [0.3, 0.4) is 0 Å². The van der Waals surface area contributed by atoms with Crippen molar-refractivity contribution < 1.29 is 14.3 Å². The molecule has 1 aliphatic heterocycles. The number of H-pyrrole nitrogens is 1. The molecule has 3 aromatic carbocycles. The standard InChI is InChI=1S/C27H21N3O4/c31-25-13-12-22(16-28-25)27(33)34-17-26(32)30-24(19-7-2-1-3-8-19)15-23(29-30)21-11-10-18-6-4-5-9-20(18)14-21/h1-14,16,24H,15,17H2,(H,28,31). The van der Waals surface area contributed by atoms with Crippen LogP contribution in [0.2, 0.25) is 0 Å². The Bertz CT molecular complexity index is 1440. The number of rotatable bonds is 5. The number of amides is 1. The average Bonchev–Trinajstić information content (AvgIpc) is 3.33. The molecule has 1 aromatic heterocycles. The van der Waals surface area contributed by atoms with E-state index in [1.807, 2.05) is 60.7 Å². The first kappa shape index (κ1) is 21.3. The Morgan fingerprint density at radius 3 is 2.47 bits per heavy atom. The average molecular weight is 451 g/mol. The third-order valence-corrected chi connectivity index (χ3v) is 5.78. The van der Waals surface area contributed by atoms with Crippen molar-refractivity contribution in [3.63, 3.8) is 0 Å². The van der Waals surface area contributed by atoms with E-state index < -0.39 is 18.5 Å². The van der Waals surface area contributed by atoms with E-state index in [0.717, 1.165) is 27.6 Å². The molecule has 4 aromatic rings. The van der Waals surface area contributed by atoms with E-state index in [4.69, 9.17) is 4.74 Å². The second-order valence-electron chi connectivity index (χ2n) is 8.00. The van der Waals surface area contributed by atoms with E-state index >= 15 is 0 Å². The number of carbonyl (C=O) groups excluding carboxylic acids is 2. The van der Waals surface area contributed by atoms with Crippen LogP contribution in [-0.2, 0) is 9.53 Å². The van der Waals surface area contributed by atoms with Gasteiger partial charge in [0.05, 0.1) is 17.3 Å². The summed E-state index contributed by atoms with van der Waals surface area (Å²) < 4.78 is 5.20. The molecule has 7 heteroatoms. The van der Waals surface area contributed by atoms with Crippen LogP contribution < -0.4 is 5.56 Å². The Morgan fingerprint density at radius 2 is 1.71 bits per heavy atom. The minimum atomic E-state index is -0.696. The lowest BCUT2D eigenvalue weighted by molar-refractivity contribution is -0.136. The highest BCUT2D eigenvalue weighted by atomic mass is 16.5. The number of hydrazone groups is 1. The van der Waals surface area contributed by atoms with Gasteiger partial charge in [0.15, 0.2) is 6.61 Å². The maximum Gasteiger partial charge on any atom is 0.340 e. The molecule has 1 aliphatic rings. The summed E-state index contributed by atoms with van der Waals surface area (Å²) in [5.74, 6) is -1.12. The predicted octanol–water partition coefficient (Wildman–Crippen LogP) is 4.06. The van der Waals surface area contributed by atoms with Gasteiger partial charge in [0.2, 0.25) is 5.56 Å². The number of nitrogens with one attached hydrogen (secondary N) is 1. The SMILES string of the molecule is O=C(OCC(=O)N1N=C(c2ccc3ccccc3c2)CC1c1ccccc1)c1ccc(=O)[nH]c1. The van der Waals surface area contributed by atoms with Gasteiger partial charge >= 0.3 is 5.97 Å². The highest BCUT2D eigenvalue weighted by molar-refractivity contribution is 6.05. The zero-order valence-corrected chi connectivity index (χ0v) is 18.2. The smallest absolute Gasteiger partial charge is 0.340 e. The largest absolute Gasteiger partial charge is 0.452 e. The topological polar surface area (TPSA) is 91.8 Å². The Balaban J connectivity index is 1.39. The van der Waals surface area contributed by atoms with Crippen LogP contribution in [-0.4, -0.2) is 34.2 Å². The number of fused-ring (bicyclic) bond motifs is 1. The molecule has 34 heavy (non-hydrogen) atoms. The van der Waals surface area contributed by atoms with E-state index in [9.17, 15) is 14.4 Å². The Morgan fingerprint density at radius 1 is 0.941 bits per heavy atom.